The second-order valence-corrected chi connectivity index (χ2v) is 21.8. The van der Waals surface area contributed by atoms with Crippen LogP contribution in [0.1, 0.15) is 95.9 Å². The molecule has 0 aromatic carbocycles. The fourth-order valence-electron chi connectivity index (χ4n) is 4.03. The van der Waals surface area contributed by atoms with Crippen LogP contribution in [-0.4, -0.2) is 112 Å². The molecule has 4 amide bonds. The van der Waals surface area contributed by atoms with E-state index in [4.69, 9.17) is 18.9 Å². The van der Waals surface area contributed by atoms with E-state index < -0.39 is 80.9 Å². The molecule has 0 saturated heterocycles. The van der Waals surface area contributed by atoms with Crippen LogP contribution >= 0.6 is 0 Å². The summed E-state index contributed by atoms with van der Waals surface area (Å²) in [7, 11) is 2.48. The van der Waals surface area contributed by atoms with Crippen molar-refractivity contribution >= 4 is 62.2 Å². The number of hydrogen-bond donors (Lipinski definition) is 4. The van der Waals surface area contributed by atoms with E-state index in [0.717, 1.165) is 0 Å². The summed E-state index contributed by atoms with van der Waals surface area (Å²) in [6, 6.07) is -4.02. The average Bonchev–Trinajstić information content (AvgIpc) is 2.98. The van der Waals surface area contributed by atoms with E-state index in [1.165, 1.54) is 14.2 Å². The molecule has 0 bridgehead atoms. The summed E-state index contributed by atoms with van der Waals surface area (Å²) in [5, 5.41) is 10.8. The third-order valence-electron chi connectivity index (χ3n) is 7.14. The number of carbonyl (C=O) groups is 6. The Morgan fingerprint density at radius 2 is 0.833 bits per heavy atom. The van der Waals surface area contributed by atoms with Crippen molar-refractivity contribution in [2.45, 2.75) is 141 Å². The van der Waals surface area contributed by atoms with Crippen LogP contribution in [0.4, 0.5) is 9.59 Å². The number of alkyl carbamates (subject to hydrolysis) is 2. The SMILES string of the molecule is CC[C@H](C)[C@H](NC(=O)[C@@H](NC(=O)OC(C)(C)C)[C@H](C)[Se][Se][C@@H](C)[C@H](NC(=O)OC(C)(C)C)C(=O)N[C@H](C(=O)OC)[C@@H](C)CC)C(=O)OC. The molecule has 0 spiro atoms. The summed E-state index contributed by atoms with van der Waals surface area (Å²) in [5.74, 6) is -2.84. The van der Waals surface area contributed by atoms with Gasteiger partial charge in [-0.25, -0.2) is 0 Å². The Hall–Kier alpha value is -2.54. The van der Waals surface area contributed by atoms with Gasteiger partial charge in [0.1, 0.15) is 0 Å². The van der Waals surface area contributed by atoms with Crippen molar-refractivity contribution in [1.82, 2.24) is 21.3 Å². The zero-order valence-corrected chi connectivity index (χ0v) is 34.4. The minimum atomic E-state index is -1.08. The molecule has 0 aliphatic rings. The van der Waals surface area contributed by atoms with Gasteiger partial charge in [0.25, 0.3) is 0 Å². The molecule has 8 atom stereocenters. The van der Waals surface area contributed by atoms with Crippen molar-refractivity contribution in [1.29, 1.82) is 0 Å². The zero-order valence-electron chi connectivity index (χ0n) is 30.9. The fraction of sp³-hybridized carbons (Fsp3) is 0.812. The van der Waals surface area contributed by atoms with E-state index in [-0.39, 0.29) is 38.1 Å². The number of methoxy groups -OCH3 is 2. The Morgan fingerprint density at radius 3 is 1.06 bits per heavy atom. The van der Waals surface area contributed by atoms with Gasteiger partial charge >= 0.3 is 298 Å². The quantitative estimate of drug-likeness (QED) is 0.0966. The Balaban J connectivity index is 6.30. The van der Waals surface area contributed by atoms with Gasteiger partial charge in [0.2, 0.25) is 0 Å². The number of esters is 2. The molecule has 0 fully saturated rings. The van der Waals surface area contributed by atoms with Crippen molar-refractivity contribution < 1.29 is 47.7 Å². The van der Waals surface area contributed by atoms with Gasteiger partial charge in [0, 0.05) is 0 Å². The van der Waals surface area contributed by atoms with E-state index in [2.05, 4.69) is 21.3 Å². The third kappa shape index (κ3) is 16.7. The van der Waals surface area contributed by atoms with Crippen molar-refractivity contribution in [3.63, 3.8) is 0 Å². The van der Waals surface area contributed by atoms with E-state index >= 15 is 0 Å². The topological polar surface area (TPSA) is 187 Å². The Kier molecular flexibility index (Phi) is 19.7. The van der Waals surface area contributed by atoms with Crippen molar-refractivity contribution in [3.8, 4) is 0 Å². The van der Waals surface area contributed by atoms with Crippen LogP contribution < -0.4 is 21.3 Å². The van der Waals surface area contributed by atoms with Crippen molar-refractivity contribution in [2.75, 3.05) is 14.2 Å². The number of ether oxygens (including phenoxy) is 4. The van der Waals surface area contributed by atoms with Crippen molar-refractivity contribution in [3.05, 3.63) is 0 Å². The molecule has 16 heteroatoms. The molecule has 0 aromatic heterocycles. The molecule has 14 nitrogen and oxygen atoms in total. The van der Waals surface area contributed by atoms with Gasteiger partial charge in [-0.1, -0.05) is 0 Å². The van der Waals surface area contributed by atoms with Gasteiger partial charge in [0.05, 0.1) is 0 Å². The summed E-state index contributed by atoms with van der Waals surface area (Å²) in [6.07, 6.45) is -0.419. The molecule has 0 saturated carbocycles. The Morgan fingerprint density at radius 1 is 0.542 bits per heavy atom. The fourth-order valence-corrected chi connectivity index (χ4v) is 12.3. The number of rotatable bonds is 17. The van der Waals surface area contributed by atoms with E-state index in [9.17, 15) is 28.8 Å². The van der Waals surface area contributed by atoms with E-state index in [0.29, 0.717) is 12.8 Å². The van der Waals surface area contributed by atoms with Crippen LogP contribution in [0.5, 0.6) is 0 Å². The third-order valence-corrected chi connectivity index (χ3v) is 17.6. The molecule has 0 radical (unpaired) electrons. The zero-order chi connectivity index (χ0) is 37.6. The number of carbonyl (C=O) groups excluding carboxylic acids is 6. The molecule has 0 unspecified atom stereocenters. The molecule has 4 N–H and O–H groups in total. The maximum absolute atomic E-state index is 13.7. The Bertz CT molecular complexity index is 1010. The summed E-state index contributed by atoms with van der Waals surface area (Å²) in [5.41, 5.74) is -1.65. The molecule has 0 aliphatic carbocycles. The predicted octanol–water partition coefficient (Wildman–Crippen LogP) is 3.12. The Labute approximate surface area is 297 Å². The van der Waals surface area contributed by atoms with Gasteiger partial charge in [-0.15, -0.1) is 0 Å². The average molecular weight is 817 g/mol. The van der Waals surface area contributed by atoms with Crippen LogP contribution in [0.3, 0.4) is 0 Å². The number of amides is 4. The predicted molar refractivity (Wildman–Crippen MR) is 183 cm³/mol. The van der Waals surface area contributed by atoms with Crippen LogP contribution in [0, 0.1) is 11.8 Å². The first-order valence-corrected chi connectivity index (χ1v) is 22.4. The number of hydrogen-bond acceptors (Lipinski definition) is 10. The molecular formula is C32H58N4O10Se2. The van der Waals surface area contributed by atoms with Crippen LogP contribution in [0.2, 0.25) is 9.63 Å². The van der Waals surface area contributed by atoms with Crippen LogP contribution in [0.15, 0.2) is 0 Å². The standard InChI is InChI=1S/C32H58N4O10Se2/c1-15-17(3)21(27(39)43-13)33-25(37)23(35-29(41)45-31(7,8)9)19(5)47-48-20(6)24(36-30(42)46-32(10,11)12)26(38)34-22(18(4)16-2)28(40)44-14/h17-24H,15-16H2,1-14H3,(H,33,37)(H,34,38)(H,35,41)(H,36,42)/t17-,18-,19-,20-,21-,22-,23-,24-/m0/s1. The summed E-state index contributed by atoms with van der Waals surface area (Å²) >= 11 is -0.708. The summed E-state index contributed by atoms with van der Waals surface area (Å²) in [6.45, 7) is 21.2. The molecular weight excluding hydrogens is 758 g/mol. The van der Waals surface area contributed by atoms with Gasteiger partial charge in [0.15, 0.2) is 0 Å². The van der Waals surface area contributed by atoms with Gasteiger partial charge in [-0.05, 0) is 0 Å². The van der Waals surface area contributed by atoms with Gasteiger partial charge in [-0.3, -0.25) is 0 Å². The van der Waals surface area contributed by atoms with Crippen molar-refractivity contribution in [2.24, 2.45) is 11.8 Å². The molecule has 278 valence electrons. The molecule has 0 heterocycles. The van der Waals surface area contributed by atoms with Gasteiger partial charge in [-0.2, -0.15) is 0 Å². The first kappa shape index (κ1) is 45.5. The van der Waals surface area contributed by atoms with Crippen LogP contribution in [-0.2, 0) is 38.1 Å². The molecule has 0 rings (SSSR count). The normalized spacial score (nSPS) is 16.7. The van der Waals surface area contributed by atoms with Gasteiger partial charge < -0.3 is 0 Å². The number of nitrogens with one attached hydrogen (secondary N) is 4. The maximum atomic E-state index is 13.7. The molecule has 0 aliphatic heterocycles. The van der Waals surface area contributed by atoms with Crippen LogP contribution in [0.25, 0.3) is 0 Å². The summed E-state index contributed by atoms with van der Waals surface area (Å²) in [4.78, 5) is 77.2. The first-order valence-electron chi connectivity index (χ1n) is 16.1. The molecule has 0 aromatic rings. The molecule has 48 heavy (non-hydrogen) atoms. The second kappa shape index (κ2) is 20.9. The summed E-state index contributed by atoms with van der Waals surface area (Å²) < 4.78 is 20.7. The van der Waals surface area contributed by atoms with E-state index in [1.54, 1.807) is 55.4 Å². The second-order valence-electron chi connectivity index (χ2n) is 13.6. The van der Waals surface area contributed by atoms with E-state index in [1.807, 2.05) is 27.7 Å². The first-order chi connectivity index (χ1) is 22.0. The monoisotopic (exact) mass is 818 g/mol. The minimum absolute atomic E-state index is 0.240.